The van der Waals surface area contributed by atoms with Gasteiger partial charge in [-0.2, -0.15) is 13.2 Å². The minimum atomic E-state index is -4.32. The molecule has 0 unspecified atom stereocenters. The molecule has 0 aromatic heterocycles. The molecule has 0 fully saturated rings. The van der Waals surface area contributed by atoms with Crippen molar-refractivity contribution in [2.45, 2.75) is 6.18 Å². The van der Waals surface area contributed by atoms with Crippen molar-refractivity contribution in [3.63, 3.8) is 0 Å². The zero-order valence-corrected chi connectivity index (χ0v) is 11.8. The molecule has 2 rings (SSSR count). The van der Waals surface area contributed by atoms with E-state index in [1.807, 2.05) is 30.3 Å². The van der Waals surface area contributed by atoms with E-state index in [0.717, 1.165) is 23.4 Å². The topological polar surface area (TPSA) is 9.23 Å². The second-order valence-corrected chi connectivity index (χ2v) is 4.45. The smallest absolute Gasteiger partial charge is 0.416 e. The zero-order valence-electron chi connectivity index (χ0n) is 11.8. The van der Waals surface area contributed by atoms with Crippen LogP contribution in [0.3, 0.4) is 0 Å². The lowest BCUT2D eigenvalue weighted by Gasteiger charge is -2.05. The second-order valence-electron chi connectivity index (χ2n) is 4.45. The number of methoxy groups -OCH3 is 1. The third-order valence-electron chi connectivity index (χ3n) is 2.90. The Labute approximate surface area is 127 Å². The van der Waals surface area contributed by atoms with Gasteiger partial charge in [-0.15, -0.1) is 0 Å². The Morgan fingerprint density at radius 3 is 2.14 bits per heavy atom. The van der Waals surface area contributed by atoms with Gasteiger partial charge >= 0.3 is 6.18 Å². The second kappa shape index (κ2) is 6.86. The van der Waals surface area contributed by atoms with Gasteiger partial charge in [0.15, 0.2) is 0 Å². The monoisotopic (exact) mass is 302 g/mol. The van der Waals surface area contributed by atoms with Crippen LogP contribution in [0.15, 0.2) is 54.6 Å². The van der Waals surface area contributed by atoms with Crippen molar-refractivity contribution in [2.75, 3.05) is 7.11 Å². The van der Waals surface area contributed by atoms with Crippen LogP contribution in [0.2, 0.25) is 0 Å². The van der Waals surface area contributed by atoms with Crippen molar-refractivity contribution < 1.29 is 17.9 Å². The first-order chi connectivity index (χ1) is 10.5. The van der Waals surface area contributed by atoms with Gasteiger partial charge in [-0.3, -0.25) is 0 Å². The molecule has 0 aliphatic carbocycles. The Morgan fingerprint density at radius 2 is 1.59 bits per heavy atom. The van der Waals surface area contributed by atoms with E-state index < -0.39 is 11.7 Å². The van der Waals surface area contributed by atoms with Gasteiger partial charge in [0, 0.05) is 5.56 Å². The molecule has 0 atom stereocenters. The van der Waals surface area contributed by atoms with Gasteiger partial charge in [0.25, 0.3) is 0 Å². The molecule has 1 nitrogen and oxygen atoms in total. The lowest BCUT2D eigenvalue weighted by atomic mass is 10.1. The van der Waals surface area contributed by atoms with Crippen molar-refractivity contribution >= 4 is 6.08 Å². The molecule has 0 spiro atoms. The molecule has 0 saturated carbocycles. The molecule has 0 N–H and O–H groups in total. The number of benzene rings is 2. The van der Waals surface area contributed by atoms with Crippen LogP contribution in [0.5, 0.6) is 5.75 Å². The van der Waals surface area contributed by atoms with Gasteiger partial charge in [0.05, 0.1) is 12.7 Å². The van der Waals surface area contributed by atoms with Crippen LogP contribution in [0.1, 0.15) is 16.7 Å². The molecule has 2 aromatic carbocycles. The maximum absolute atomic E-state index is 12.4. The first-order valence-electron chi connectivity index (χ1n) is 6.48. The van der Waals surface area contributed by atoms with Crippen LogP contribution < -0.4 is 4.74 Å². The molecule has 0 bridgehead atoms. The molecule has 0 heterocycles. The summed E-state index contributed by atoms with van der Waals surface area (Å²) in [4.78, 5) is 0. The van der Waals surface area contributed by atoms with Gasteiger partial charge < -0.3 is 4.74 Å². The van der Waals surface area contributed by atoms with Crippen molar-refractivity contribution in [1.29, 1.82) is 0 Å². The number of hydrogen-bond acceptors (Lipinski definition) is 1. The van der Waals surface area contributed by atoms with Crippen molar-refractivity contribution in [2.24, 2.45) is 0 Å². The number of rotatable bonds is 2. The summed E-state index contributed by atoms with van der Waals surface area (Å²) < 4.78 is 42.3. The molecular formula is C18H13F3O. The van der Waals surface area contributed by atoms with Crippen LogP contribution in [0.25, 0.3) is 6.08 Å². The predicted molar refractivity (Wildman–Crippen MR) is 80.4 cm³/mol. The van der Waals surface area contributed by atoms with Gasteiger partial charge in [0.1, 0.15) is 5.75 Å². The van der Waals surface area contributed by atoms with E-state index in [9.17, 15) is 13.2 Å². The molecule has 0 aliphatic heterocycles. The van der Waals surface area contributed by atoms with Gasteiger partial charge in [-0.25, -0.2) is 0 Å². The minimum absolute atomic E-state index is 0.535. The van der Waals surface area contributed by atoms with Crippen LogP contribution in [0.4, 0.5) is 13.2 Å². The summed E-state index contributed by atoms with van der Waals surface area (Å²) in [6, 6.07) is 12.2. The predicted octanol–water partition coefficient (Wildman–Crippen LogP) is 4.78. The fourth-order valence-corrected chi connectivity index (χ4v) is 1.72. The van der Waals surface area contributed by atoms with E-state index in [1.54, 1.807) is 13.2 Å². The van der Waals surface area contributed by atoms with Crippen LogP contribution in [-0.4, -0.2) is 7.11 Å². The summed E-state index contributed by atoms with van der Waals surface area (Å²) in [6.45, 7) is 0. The van der Waals surface area contributed by atoms with E-state index in [4.69, 9.17) is 4.74 Å². The minimum Gasteiger partial charge on any atom is -0.497 e. The van der Waals surface area contributed by atoms with Crippen LogP contribution in [0, 0.1) is 11.8 Å². The molecule has 0 saturated heterocycles. The maximum atomic E-state index is 12.4. The molecule has 112 valence electrons. The highest BCUT2D eigenvalue weighted by Crippen LogP contribution is 2.28. The highest BCUT2D eigenvalue weighted by molar-refractivity contribution is 5.54. The Bertz CT molecular complexity index is 699. The zero-order chi connectivity index (χ0) is 16.0. The summed E-state index contributed by atoms with van der Waals surface area (Å²) in [6.07, 6.45) is -0.851. The maximum Gasteiger partial charge on any atom is 0.416 e. The number of halogens is 3. The lowest BCUT2D eigenvalue weighted by molar-refractivity contribution is -0.137. The SMILES string of the molecule is COc1ccc(C=CC#Cc2ccc(C(F)(F)F)cc2)cc1. The third-order valence-corrected chi connectivity index (χ3v) is 2.90. The van der Waals surface area contributed by atoms with E-state index in [0.29, 0.717) is 5.56 Å². The number of alkyl halides is 3. The van der Waals surface area contributed by atoms with Crippen molar-refractivity contribution in [3.8, 4) is 17.6 Å². The van der Waals surface area contributed by atoms with E-state index >= 15 is 0 Å². The average molecular weight is 302 g/mol. The van der Waals surface area contributed by atoms with Crippen molar-refractivity contribution in [3.05, 3.63) is 71.3 Å². The summed E-state index contributed by atoms with van der Waals surface area (Å²) in [5.41, 5.74) is 0.821. The Kier molecular flexibility index (Phi) is 4.90. The molecule has 0 amide bonds. The summed E-state index contributed by atoms with van der Waals surface area (Å²) in [7, 11) is 1.60. The fourth-order valence-electron chi connectivity index (χ4n) is 1.72. The molecule has 22 heavy (non-hydrogen) atoms. The lowest BCUT2D eigenvalue weighted by Crippen LogP contribution is -2.03. The van der Waals surface area contributed by atoms with Gasteiger partial charge in [-0.05, 0) is 54.1 Å². The van der Waals surface area contributed by atoms with Crippen LogP contribution >= 0.6 is 0 Å². The number of allylic oxidation sites excluding steroid dienone is 1. The van der Waals surface area contributed by atoms with Gasteiger partial charge in [0.2, 0.25) is 0 Å². The number of ether oxygens (including phenoxy) is 1. The Morgan fingerprint density at radius 1 is 0.955 bits per heavy atom. The van der Waals surface area contributed by atoms with E-state index in [2.05, 4.69) is 11.8 Å². The largest absolute Gasteiger partial charge is 0.497 e. The fraction of sp³-hybridized carbons (Fsp3) is 0.111. The average Bonchev–Trinajstić information content (AvgIpc) is 2.52. The quantitative estimate of drug-likeness (QED) is 0.725. The summed E-state index contributed by atoms with van der Waals surface area (Å²) >= 11 is 0. The summed E-state index contributed by atoms with van der Waals surface area (Å²) in [5, 5.41) is 0. The molecule has 0 radical (unpaired) electrons. The standard InChI is InChI=1S/C18H13F3O/c1-22-17-12-8-15(9-13-17)5-3-2-4-14-6-10-16(11-7-14)18(19,20)21/h3,5-13H,1H3. The summed E-state index contributed by atoms with van der Waals surface area (Å²) in [5.74, 6) is 6.35. The Hall–Kier alpha value is -2.67. The Balaban J connectivity index is 2.02. The molecular weight excluding hydrogens is 289 g/mol. The van der Waals surface area contributed by atoms with Crippen LogP contribution in [-0.2, 0) is 6.18 Å². The highest BCUT2D eigenvalue weighted by atomic mass is 19.4. The van der Waals surface area contributed by atoms with Crippen molar-refractivity contribution in [1.82, 2.24) is 0 Å². The normalized spacial score (nSPS) is 11.1. The van der Waals surface area contributed by atoms with E-state index in [1.165, 1.54) is 12.1 Å². The first-order valence-corrected chi connectivity index (χ1v) is 6.48. The first kappa shape index (κ1) is 15.7. The highest BCUT2D eigenvalue weighted by Gasteiger charge is 2.29. The molecule has 2 aromatic rings. The number of hydrogen-bond donors (Lipinski definition) is 0. The third kappa shape index (κ3) is 4.42. The van der Waals surface area contributed by atoms with E-state index in [-0.39, 0.29) is 0 Å². The molecule has 0 aliphatic rings. The van der Waals surface area contributed by atoms with Gasteiger partial charge in [-0.1, -0.05) is 24.0 Å². The molecule has 4 heteroatoms.